The van der Waals surface area contributed by atoms with Crippen LogP contribution in [0.1, 0.15) is 43.9 Å². The number of hydrogen-bond acceptors (Lipinski definition) is 5. The minimum atomic E-state index is -0.145. The smallest absolute Gasteiger partial charge is 0.282 e. The maximum atomic E-state index is 11.8. The highest BCUT2D eigenvalue weighted by atomic mass is 32.1. The number of carbonyl (C=O) groups is 1. The number of nitrogens with one attached hydrogen (secondary N) is 2. The van der Waals surface area contributed by atoms with Crippen LogP contribution in [0.5, 0.6) is 0 Å². The zero-order chi connectivity index (χ0) is 12.9. The molecule has 0 aromatic carbocycles. The third kappa shape index (κ3) is 4.30. The zero-order valence-corrected chi connectivity index (χ0v) is 11.6. The van der Waals surface area contributed by atoms with Crippen LogP contribution >= 0.6 is 11.3 Å². The normalized spacial score (nSPS) is 11.3. The van der Waals surface area contributed by atoms with Crippen molar-refractivity contribution in [1.82, 2.24) is 15.5 Å². The van der Waals surface area contributed by atoms with Gasteiger partial charge in [0.2, 0.25) is 10.1 Å². The van der Waals surface area contributed by atoms with Crippen molar-refractivity contribution < 1.29 is 4.79 Å². The van der Waals surface area contributed by atoms with Crippen molar-refractivity contribution in [1.29, 1.82) is 0 Å². The standard InChI is InChI=1S/C11H20N4OS/c1-5-11(3,4)7-13-8(16)9-14-15-10(17-9)12-6-2/h5-7H2,1-4H3,(H,12,15)(H,13,16). The van der Waals surface area contributed by atoms with Gasteiger partial charge >= 0.3 is 0 Å². The lowest BCUT2D eigenvalue weighted by atomic mass is 9.90. The van der Waals surface area contributed by atoms with E-state index in [-0.39, 0.29) is 11.3 Å². The molecular formula is C11H20N4OS. The van der Waals surface area contributed by atoms with Gasteiger partial charge in [0.05, 0.1) is 0 Å². The molecule has 0 spiro atoms. The summed E-state index contributed by atoms with van der Waals surface area (Å²) >= 11 is 1.28. The van der Waals surface area contributed by atoms with E-state index in [1.54, 1.807) is 0 Å². The number of nitrogens with zero attached hydrogens (tertiary/aromatic N) is 2. The van der Waals surface area contributed by atoms with E-state index in [0.29, 0.717) is 16.7 Å². The molecule has 1 rings (SSSR count). The molecule has 0 aliphatic heterocycles. The number of carbonyl (C=O) groups excluding carboxylic acids is 1. The van der Waals surface area contributed by atoms with Gasteiger partial charge in [-0.2, -0.15) is 0 Å². The summed E-state index contributed by atoms with van der Waals surface area (Å²) in [5.74, 6) is -0.145. The molecule has 0 aliphatic carbocycles. The Morgan fingerprint density at radius 2 is 2.06 bits per heavy atom. The monoisotopic (exact) mass is 256 g/mol. The van der Waals surface area contributed by atoms with E-state index in [2.05, 4.69) is 41.6 Å². The largest absolute Gasteiger partial charge is 0.360 e. The fourth-order valence-corrected chi connectivity index (χ4v) is 1.79. The van der Waals surface area contributed by atoms with Crippen molar-refractivity contribution in [3.05, 3.63) is 5.01 Å². The second-order valence-electron chi connectivity index (χ2n) is 4.64. The molecule has 0 aliphatic rings. The van der Waals surface area contributed by atoms with Crippen LogP contribution in [0.4, 0.5) is 5.13 Å². The predicted octanol–water partition coefficient (Wildman–Crippen LogP) is 2.14. The van der Waals surface area contributed by atoms with E-state index in [1.165, 1.54) is 11.3 Å². The highest BCUT2D eigenvalue weighted by molar-refractivity contribution is 7.17. The summed E-state index contributed by atoms with van der Waals surface area (Å²) < 4.78 is 0. The lowest BCUT2D eigenvalue weighted by Gasteiger charge is -2.22. The van der Waals surface area contributed by atoms with Gasteiger partial charge in [-0.3, -0.25) is 4.79 Å². The number of hydrogen-bond donors (Lipinski definition) is 2. The Bertz CT molecular complexity index is 375. The van der Waals surface area contributed by atoms with E-state index >= 15 is 0 Å². The van der Waals surface area contributed by atoms with Crippen LogP contribution in [0, 0.1) is 5.41 Å². The summed E-state index contributed by atoms with van der Waals surface area (Å²) in [6, 6.07) is 0. The Kier molecular flexibility index (Phi) is 4.86. The topological polar surface area (TPSA) is 66.9 Å². The molecule has 0 fully saturated rings. The Morgan fingerprint density at radius 1 is 1.35 bits per heavy atom. The van der Waals surface area contributed by atoms with Crippen molar-refractivity contribution >= 4 is 22.4 Å². The maximum absolute atomic E-state index is 11.8. The van der Waals surface area contributed by atoms with E-state index < -0.39 is 0 Å². The van der Waals surface area contributed by atoms with Gasteiger partial charge in [0, 0.05) is 13.1 Å². The fraction of sp³-hybridized carbons (Fsp3) is 0.727. The molecular weight excluding hydrogens is 236 g/mol. The maximum Gasteiger partial charge on any atom is 0.282 e. The molecule has 2 N–H and O–H groups in total. The third-order valence-electron chi connectivity index (χ3n) is 2.63. The molecule has 0 saturated carbocycles. The SMILES string of the molecule is CCNc1nnc(C(=O)NCC(C)(C)CC)s1. The first kappa shape index (κ1) is 13.9. The Morgan fingerprint density at radius 3 is 2.65 bits per heavy atom. The first-order valence-corrected chi connectivity index (χ1v) is 6.65. The quantitative estimate of drug-likeness (QED) is 0.818. The van der Waals surface area contributed by atoms with Crippen LogP contribution in [0.15, 0.2) is 0 Å². The molecule has 5 nitrogen and oxygen atoms in total. The van der Waals surface area contributed by atoms with Gasteiger partial charge in [0.1, 0.15) is 0 Å². The molecule has 6 heteroatoms. The van der Waals surface area contributed by atoms with Crippen LogP contribution in [0.3, 0.4) is 0 Å². The van der Waals surface area contributed by atoms with E-state index in [0.717, 1.165) is 13.0 Å². The van der Waals surface area contributed by atoms with Gasteiger partial charge in [-0.25, -0.2) is 0 Å². The number of rotatable bonds is 6. The highest BCUT2D eigenvalue weighted by Gasteiger charge is 2.18. The van der Waals surface area contributed by atoms with E-state index in [1.807, 2.05) is 6.92 Å². The van der Waals surface area contributed by atoms with Crippen molar-refractivity contribution in [2.45, 2.75) is 34.1 Å². The molecule has 17 heavy (non-hydrogen) atoms. The lowest BCUT2D eigenvalue weighted by Crippen LogP contribution is -2.33. The van der Waals surface area contributed by atoms with E-state index in [9.17, 15) is 4.79 Å². The van der Waals surface area contributed by atoms with Crippen LogP contribution in [0.25, 0.3) is 0 Å². The van der Waals surface area contributed by atoms with Crippen LogP contribution in [0.2, 0.25) is 0 Å². The van der Waals surface area contributed by atoms with Crippen molar-refractivity contribution in [3.8, 4) is 0 Å². The zero-order valence-electron chi connectivity index (χ0n) is 10.8. The first-order valence-electron chi connectivity index (χ1n) is 5.84. The summed E-state index contributed by atoms with van der Waals surface area (Å²) in [5, 5.41) is 14.8. The molecule has 1 aromatic rings. The third-order valence-corrected chi connectivity index (χ3v) is 3.51. The van der Waals surface area contributed by atoms with Gasteiger partial charge in [-0.15, -0.1) is 10.2 Å². The lowest BCUT2D eigenvalue weighted by molar-refractivity contribution is 0.0934. The Hall–Kier alpha value is -1.17. The van der Waals surface area contributed by atoms with Gasteiger partial charge in [0.25, 0.3) is 5.91 Å². The second kappa shape index (κ2) is 5.95. The van der Waals surface area contributed by atoms with Gasteiger partial charge in [-0.05, 0) is 18.8 Å². The average Bonchev–Trinajstić information content (AvgIpc) is 2.75. The molecule has 0 atom stereocenters. The van der Waals surface area contributed by atoms with Gasteiger partial charge < -0.3 is 10.6 Å². The van der Waals surface area contributed by atoms with Crippen molar-refractivity contribution in [2.24, 2.45) is 5.41 Å². The Labute approximate surface area is 106 Å². The second-order valence-corrected chi connectivity index (χ2v) is 5.62. The van der Waals surface area contributed by atoms with Crippen LogP contribution < -0.4 is 10.6 Å². The minimum absolute atomic E-state index is 0.116. The first-order chi connectivity index (χ1) is 7.98. The molecule has 0 radical (unpaired) electrons. The van der Waals surface area contributed by atoms with Crippen LogP contribution in [-0.2, 0) is 0 Å². The molecule has 1 aromatic heterocycles. The van der Waals surface area contributed by atoms with Gasteiger partial charge in [0.15, 0.2) is 0 Å². The van der Waals surface area contributed by atoms with E-state index in [4.69, 9.17) is 0 Å². The Balaban J connectivity index is 2.52. The van der Waals surface area contributed by atoms with Crippen LogP contribution in [-0.4, -0.2) is 29.2 Å². The summed E-state index contributed by atoms with van der Waals surface area (Å²) in [6.45, 7) is 9.76. The summed E-state index contributed by atoms with van der Waals surface area (Å²) in [5.41, 5.74) is 0.116. The van der Waals surface area contributed by atoms with Crippen molar-refractivity contribution in [3.63, 3.8) is 0 Å². The number of aromatic nitrogens is 2. The summed E-state index contributed by atoms with van der Waals surface area (Å²) in [7, 11) is 0. The van der Waals surface area contributed by atoms with Gasteiger partial charge in [-0.1, -0.05) is 32.1 Å². The minimum Gasteiger partial charge on any atom is -0.360 e. The predicted molar refractivity (Wildman–Crippen MR) is 70.5 cm³/mol. The average molecular weight is 256 g/mol. The molecule has 0 saturated heterocycles. The molecule has 0 bridgehead atoms. The molecule has 0 unspecified atom stereocenters. The highest BCUT2D eigenvalue weighted by Crippen LogP contribution is 2.19. The fourth-order valence-electron chi connectivity index (χ4n) is 1.06. The molecule has 1 amide bonds. The summed E-state index contributed by atoms with van der Waals surface area (Å²) in [4.78, 5) is 11.8. The van der Waals surface area contributed by atoms with Crippen molar-refractivity contribution in [2.75, 3.05) is 18.4 Å². The molecule has 1 heterocycles. The number of amides is 1. The number of anilines is 1. The molecule has 96 valence electrons. The summed E-state index contributed by atoms with van der Waals surface area (Å²) in [6.07, 6.45) is 1.02.